The van der Waals surface area contributed by atoms with E-state index in [0.717, 1.165) is 12.6 Å². The van der Waals surface area contributed by atoms with Crippen LogP contribution in [0.3, 0.4) is 0 Å². The maximum atomic E-state index is 5.62. The summed E-state index contributed by atoms with van der Waals surface area (Å²) in [6.45, 7) is 6.70. The average Bonchev–Trinajstić information content (AvgIpc) is 2.06. The summed E-state index contributed by atoms with van der Waals surface area (Å²) in [6.07, 6.45) is 3.18. The molecule has 2 atom stereocenters. The quantitative estimate of drug-likeness (QED) is 0.565. The highest BCUT2D eigenvalue weighted by molar-refractivity contribution is 4.88. The summed E-state index contributed by atoms with van der Waals surface area (Å²) in [6, 6.07) is 1.42. The van der Waals surface area contributed by atoms with Crippen LogP contribution in [0.5, 0.6) is 0 Å². The molecule has 0 aromatic carbocycles. The van der Waals surface area contributed by atoms with Crippen molar-refractivity contribution >= 4 is 0 Å². The largest absolute Gasteiger partial charge is 0.375 e. The van der Waals surface area contributed by atoms with Crippen LogP contribution in [-0.2, 0) is 4.74 Å². The Morgan fingerprint density at radius 2 is 2.18 bits per heavy atom. The van der Waals surface area contributed by atoms with Gasteiger partial charge in [0.1, 0.15) is 0 Å². The summed E-state index contributed by atoms with van der Waals surface area (Å²) in [5, 5.41) is 0. The van der Waals surface area contributed by atoms with Gasteiger partial charge in [0.25, 0.3) is 0 Å². The highest BCUT2D eigenvalue weighted by Crippen LogP contribution is 2.27. The van der Waals surface area contributed by atoms with E-state index >= 15 is 0 Å². The zero-order chi connectivity index (χ0) is 7.84. The van der Waals surface area contributed by atoms with Gasteiger partial charge >= 0.3 is 0 Å². The molecule has 0 amide bonds. The Balaban J connectivity index is 2.03. The van der Waals surface area contributed by atoms with Crippen LogP contribution in [0.2, 0.25) is 0 Å². The van der Waals surface area contributed by atoms with E-state index in [-0.39, 0.29) is 0 Å². The number of fused-ring (bicyclic) bond motifs is 3. The van der Waals surface area contributed by atoms with Gasteiger partial charge in [-0.15, -0.1) is 0 Å². The Hall–Kier alpha value is -0.0800. The molecule has 3 rings (SSSR count). The zero-order valence-corrected chi connectivity index (χ0v) is 7.42. The summed E-state index contributed by atoms with van der Waals surface area (Å²) in [5.41, 5.74) is 0. The number of hydrogen-bond donors (Lipinski definition) is 0. The van der Waals surface area contributed by atoms with E-state index < -0.39 is 0 Å². The third-order valence-electron chi connectivity index (χ3n) is 2.89. The van der Waals surface area contributed by atoms with E-state index in [1.165, 1.54) is 19.4 Å². The second-order valence-corrected chi connectivity index (χ2v) is 3.98. The monoisotopic (exact) mass is 155 g/mol. The second kappa shape index (κ2) is 2.76. The number of rotatable bonds is 1. The van der Waals surface area contributed by atoms with Crippen LogP contribution in [0, 0.1) is 0 Å². The van der Waals surface area contributed by atoms with Crippen LogP contribution in [0.15, 0.2) is 0 Å². The van der Waals surface area contributed by atoms with Gasteiger partial charge in [0.05, 0.1) is 12.7 Å². The van der Waals surface area contributed by atoms with Crippen molar-refractivity contribution < 1.29 is 4.74 Å². The predicted octanol–water partition coefficient (Wildman–Crippen LogP) is 1.26. The Labute approximate surface area is 68.5 Å². The fraction of sp³-hybridized carbons (Fsp3) is 1.00. The number of piperidine rings is 1. The van der Waals surface area contributed by atoms with Crippen molar-refractivity contribution in [3.8, 4) is 0 Å². The fourth-order valence-electron chi connectivity index (χ4n) is 2.21. The minimum Gasteiger partial charge on any atom is -0.375 e. The third kappa shape index (κ3) is 1.30. The van der Waals surface area contributed by atoms with Gasteiger partial charge in [0.15, 0.2) is 0 Å². The van der Waals surface area contributed by atoms with Gasteiger partial charge < -0.3 is 4.74 Å². The van der Waals surface area contributed by atoms with Crippen LogP contribution in [0.4, 0.5) is 0 Å². The molecule has 0 radical (unpaired) electrons. The van der Waals surface area contributed by atoms with Gasteiger partial charge in [-0.1, -0.05) is 0 Å². The molecular formula is C9H17NO. The fourth-order valence-corrected chi connectivity index (χ4v) is 2.21. The second-order valence-electron chi connectivity index (χ2n) is 3.98. The maximum Gasteiger partial charge on any atom is 0.0703 e. The third-order valence-corrected chi connectivity index (χ3v) is 2.89. The molecule has 2 heteroatoms. The molecule has 3 fully saturated rings. The number of nitrogens with zero attached hydrogens (tertiary/aromatic N) is 1. The molecule has 0 unspecified atom stereocenters. The van der Waals surface area contributed by atoms with Crippen LogP contribution < -0.4 is 0 Å². The van der Waals surface area contributed by atoms with Crippen molar-refractivity contribution in [1.29, 1.82) is 0 Å². The van der Waals surface area contributed by atoms with Crippen LogP contribution >= 0.6 is 0 Å². The molecule has 0 spiro atoms. The zero-order valence-electron chi connectivity index (χ0n) is 7.42. The van der Waals surface area contributed by atoms with E-state index in [0.29, 0.717) is 12.1 Å². The minimum absolute atomic E-state index is 0.544. The van der Waals surface area contributed by atoms with Crippen molar-refractivity contribution in [3.63, 3.8) is 0 Å². The highest BCUT2D eigenvalue weighted by Gasteiger charge is 2.35. The summed E-state index contributed by atoms with van der Waals surface area (Å²) in [5.74, 6) is 0. The lowest BCUT2D eigenvalue weighted by atomic mass is 9.96. The molecular weight excluding hydrogens is 138 g/mol. The molecule has 11 heavy (non-hydrogen) atoms. The molecule has 0 aliphatic carbocycles. The van der Waals surface area contributed by atoms with E-state index in [1.54, 1.807) is 0 Å². The van der Waals surface area contributed by atoms with E-state index in [9.17, 15) is 0 Å². The van der Waals surface area contributed by atoms with Crippen LogP contribution in [-0.4, -0.2) is 36.2 Å². The average molecular weight is 155 g/mol. The van der Waals surface area contributed by atoms with Crippen molar-refractivity contribution in [1.82, 2.24) is 4.90 Å². The normalized spacial score (nSPS) is 38.5. The topological polar surface area (TPSA) is 12.5 Å². The first kappa shape index (κ1) is 7.56. The molecule has 2 bridgehead atoms. The lowest BCUT2D eigenvalue weighted by molar-refractivity contribution is -0.115. The molecule has 3 aliphatic rings. The van der Waals surface area contributed by atoms with Crippen molar-refractivity contribution in [2.75, 3.05) is 13.2 Å². The first-order valence-electron chi connectivity index (χ1n) is 4.64. The molecule has 2 nitrogen and oxygen atoms in total. The molecule has 3 saturated heterocycles. The van der Waals surface area contributed by atoms with Crippen molar-refractivity contribution in [2.45, 2.75) is 44.9 Å². The molecule has 3 heterocycles. The molecule has 64 valence electrons. The number of ether oxygens (including phenoxy) is 1. The highest BCUT2D eigenvalue weighted by atomic mass is 16.5. The van der Waals surface area contributed by atoms with Gasteiger partial charge in [-0.2, -0.15) is 0 Å². The van der Waals surface area contributed by atoms with Gasteiger partial charge in [0.2, 0.25) is 0 Å². The Morgan fingerprint density at radius 1 is 1.36 bits per heavy atom. The SMILES string of the molecule is CC(C)N1C[C@@H]2CC[C@H]1CO2. The molecule has 0 aromatic heterocycles. The van der Waals surface area contributed by atoms with E-state index in [1.807, 2.05) is 0 Å². The van der Waals surface area contributed by atoms with Gasteiger partial charge in [0, 0.05) is 18.6 Å². The van der Waals surface area contributed by atoms with Gasteiger partial charge in [-0.3, -0.25) is 4.90 Å². The smallest absolute Gasteiger partial charge is 0.0703 e. The van der Waals surface area contributed by atoms with Gasteiger partial charge in [-0.25, -0.2) is 0 Å². The number of hydrogen-bond acceptors (Lipinski definition) is 2. The Morgan fingerprint density at radius 3 is 2.45 bits per heavy atom. The molecule has 0 N–H and O–H groups in total. The molecule has 0 aromatic rings. The van der Waals surface area contributed by atoms with E-state index in [4.69, 9.17) is 4.74 Å². The minimum atomic E-state index is 0.544. The molecule has 0 saturated carbocycles. The first-order chi connectivity index (χ1) is 5.27. The van der Waals surface area contributed by atoms with E-state index in [2.05, 4.69) is 18.7 Å². The standard InChI is InChI=1S/C9H17NO/c1-7(2)10-5-9-4-3-8(10)6-11-9/h7-9H,3-6H2,1-2H3/t8-,9-/m0/s1. The maximum absolute atomic E-state index is 5.62. The van der Waals surface area contributed by atoms with Gasteiger partial charge in [-0.05, 0) is 26.7 Å². The summed E-state index contributed by atoms with van der Waals surface area (Å²) >= 11 is 0. The Kier molecular flexibility index (Phi) is 1.90. The lowest BCUT2D eigenvalue weighted by Crippen LogP contribution is -2.56. The van der Waals surface area contributed by atoms with Crippen molar-refractivity contribution in [2.24, 2.45) is 0 Å². The van der Waals surface area contributed by atoms with Crippen LogP contribution in [0.1, 0.15) is 26.7 Å². The van der Waals surface area contributed by atoms with Crippen LogP contribution in [0.25, 0.3) is 0 Å². The predicted molar refractivity (Wildman–Crippen MR) is 44.6 cm³/mol. The Bertz CT molecular complexity index is 138. The number of morpholine rings is 1. The lowest BCUT2D eigenvalue weighted by Gasteiger charge is -2.47. The van der Waals surface area contributed by atoms with Crippen molar-refractivity contribution in [3.05, 3.63) is 0 Å². The summed E-state index contributed by atoms with van der Waals surface area (Å²) in [4.78, 5) is 2.58. The summed E-state index contributed by atoms with van der Waals surface area (Å²) < 4.78 is 5.62. The first-order valence-corrected chi connectivity index (χ1v) is 4.64. The molecule has 3 aliphatic heterocycles. The summed E-state index contributed by atoms with van der Waals surface area (Å²) in [7, 11) is 0.